The van der Waals surface area contributed by atoms with Crippen LogP contribution in [0.15, 0.2) is 127 Å². The summed E-state index contributed by atoms with van der Waals surface area (Å²) in [6, 6.07) is 44.0. The SMILES string of the molecule is Cc1ccc(N(c2ccc(N)cc2)c2ccc(-c3ccc(Nc4ccccc4)cc3)cc2)cc1. The quantitative estimate of drug-likeness (QED) is 0.260. The average molecular weight is 442 g/mol. The lowest BCUT2D eigenvalue weighted by atomic mass is 10.0. The van der Waals surface area contributed by atoms with Gasteiger partial charge < -0.3 is 16.0 Å². The van der Waals surface area contributed by atoms with Crippen molar-refractivity contribution in [3.8, 4) is 11.1 Å². The van der Waals surface area contributed by atoms with Crippen molar-refractivity contribution in [2.45, 2.75) is 6.92 Å². The summed E-state index contributed by atoms with van der Waals surface area (Å²) in [5.74, 6) is 0. The summed E-state index contributed by atoms with van der Waals surface area (Å²) in [6.45, 7) is 2.10. The van der Waals surface area contributed by atoms with E-state index in [-0.39, 0.29) is 0 Å². The Morgan fingerprint density at radius 2 is 0.941 bits per heavy atom. The smallest absolute Gasteiger partial charge is 0.0463 e. The Hall–Kier alpha value is -4.50. The summed E-state index contributed by atoms with van der Waals surface area (Å²) in [7, 11) is 0. The predicted molar refractivity (Wildman–Crippen MR) is 145 cm³/mol. The van der Waals surface area contributed by atoms with Crippen LogP contribution in [0.5, 0.6) is 0 Å². The van der Waals surface area contributed by atoms with E-state index in [1.165, 1.54) is 16.7 Å². The molecular weight excluding hydrogens is 414 g/mol. The van der Waals surface area contributed by atoms with Gasteiger partial charge in [-0.25, -0.2) is 0 Å². The molecule has 3 heteroatoms. The topological polar surface area (TPSA) is 41.3 Å². The van der Waals surface area contributed by atoms with E-state index in [4.69, 9.17) is 5.73 Å². The van der Waals surface area contributed by atoms with Crippen molar-refractivity contribution in [3.63, 3.8) is 0 Å². The molecule has 0 saturated carbocycles. The number of para-hydroxylation sites is 1. The normalized spacial score (nSPS) is 10.6. The molecule has 34 heavy (non-hydrogen) atoms. The van der Waals surface area contributed by atoms with Gasteiger partial charge in [0.15, 0.2) is 0 Å². The Labute approximate surface area is 201 Å². The van der Waals surface area contributed by atoms with E-state index < -0.39 is 0 Å². The van der Waals surface area contributed by atoms with Crippen LogP contribution in [0.4, 0.5) is 34.1 Å². The van der Waals surface area contributed by atoms with Crippen LogP contribution >= 0.6 is 0 Å². The molecule has 3 N–H and O–H groups in total. The van der Waals surface area contributed by atoms with Crippen molar-refractivity contribution in [1.29, 1.82) is 0 Å². The highest BCUT2D eigenvalue weighted by Crippen LogP contribution is 2.36. The molecule has 0 fully saturated rings. The van der Waals surface area contributed by atoms with Crippen LogP contribution in [0.25, 0.3) is 11.1 Å². The molecule has 3 nitrogen and oxygen atoms in total. The molecule has 0 aromatic heterocycles. The van der Waals surface area contributed by atoms with Gasteiger partial charge in [0, 0.05) is 34.1 Å². The second kappa shape index (κ2) is 9.55. The van der Waals surface area contributed by atoms with Gasteiger partial charge in [-0.15, -0.1) is 0 Å². The first-order valence-electron chi connectivity index (χ1n) is 11.4. The molecule has 166 valence electrons. The van der Waals surface area contributed by atoms with E-state index >= 15 is 0 Å². The highest BCUT2D eigenvalue weighted by molar-refractivity contribution is 5.79. The summed E-state index contributed by atoms with van der Waals surface area (Å²) < 4.78 is 0. The third-order valence-electron chi connectivity index (χ3n) is 5.85. The first-order chi connectivity index (χ1) is 16.7. The van der Waals surface area contributed by atoms with Crippen molar-refractivity contribution < 1.29 is 0 Å². The molecule has 0 aliphatic carbocycles. The van der Waals surface area contributed by atoms with Crippen molar-refractivity contribution in [2.24, 2.45) is 0 Å². The minimum absolute atomic E-state index is 0.758. The largest absolute Gasteiger partial charge is 0.399 e. The Balaban J connectivity index is 1.41. The first-order valence-corrected chi connectivity index (χ1v) is 11.4. The van der Waals surface area contributed by atoms with Crippen LogP contribution in [0.1, 0.15) is 5.56 Å². The number of rotatable bonds is 6. The lowest BCUT2D eigenvalue weighted by Crippen LogP contribution is -2.09. The van der Waals surface area contributed by atoms with Gasteiger partial charge in [-0.3, -0.25) is 0 Å². The minimum atomic E-state index is 0.758. The highest BCUT2D eigenvalue weighted by Gasteiger charge is 2.12. The maximum Gasteiger partial charge on any atom is 0.0463 e. The van der Waals surface area contributed by atoms with Gasteiger partial charge in [-0.1, -0.05) is 60.2 Å². The van der Waals surface area contributed by atoms with Crippen LogP contribution in [-0.4, -0.2) is 0 Å². The second-order valence-electron chi connectivity index (χ2n) is 8.38. The molecule has 0 heterocycles. The minimum Gasteiger partial charge on any atom is -0.399 e. The molecule has 0 atom stereocenters. The van der Waals surface area contributed by atoms with Gasteiger partial charge >= 0.3 is 0 Å². The number of nitrogens with zero attached hydrogens (tertiary/aromatic N) is 1. The third-order valence-corrected chi connectivity index (χ3v) is 5.85. The number of aryl methyl sites for hydroxylation is 1. The lowest BCUT2D eigenvalue weighted by Gasteiger charge is -2.26. The molecule has 0 amide bonds. The van der Waals surface area contributed by atoms with Crippen LogP contribution in [0.2, 0.25) is 0 Å². The molecule has 0 bridgehead atoms. The highest BCUT2D eigenvalue weighted by atomic mass is 15.1. The lowest BCUT2D eigenvalue weighted by molar-refractivity contribution is 1.28. The summed E-state index contributed by atoms with van der Waals surface area (Å²) in [4.78, 5) is 2.25. The molecule has 0 aliphatic heterocycles. The molecular formula is C31H27N3. The molecule has 0 radical (unpaired) electrons. The number of nitrogen functional groups attached to an aromatic ring is 1. The summed E-state index contributed by atoms with van der Waals surface area (Å²) in [5.41, 5.74) is 15.7. The zero-order valence-electron chi connectivity index (χ0n) is 19.1. The molecule has 0 unspecified atom stereocenters. The van der Waals surface area contributed by atoms with Crippen molar-refractivity contribution in [3.05, 3.63) is 133 Å². The number of hydrogen-bond donors (Lipinski definition) is 2. The van der Waals surface area contributed by atoms with Crippen molar-refractivity contribution in [1.82, 2.24) is 0 Å². The van der Waals surface area contributed by atoms with E-state index in [1.807, 2.05) is 30.3 Å². The van der Waals surface area contributed by atoms with E-state index in [2.05, 4.69) is 114 Å². The maximum atomic E-state index is 5.94. The van der Waals surface area contributed by atoms with Crippen LogP contribution < -0.4 is 16.0 Å². The van der Waals surface area contributed by atoms with Crippen molar-refractivity contribution >= 4 is 34.1 Å². The fraction of sp³-hybridized carbons (Fsp3) is 0.0323. The molecule has 0 saturated heterocycles. The zero-order valence-corrected chi connectivity index (χ0v) is 19.1. The van der Waals surface area contributed by atoms with Crippen LogP contribution in [0.3, 0.4) is 0 Å². The standard InChI is InChI=1S/C31H27N3/c1-23-7-17-29(18-8-23)34(31-21-13-26(32)14-22-31)30-19-11-25(12-20-30)24-9-15-28(16-10-24)33-27-5-3-2-4-6-27/h2-22,33H,32H2,1H3. The summed E-state index contributed by atoms with van der Waals surface area (Å²) in [5, 5.41) is 3.44. The second-order valence-corrected chi connectivity index (χ2v) is 8.38. The Kier molecular flexibility index (Phi) is 6.00. The number of nitrogens with two attached hydrogens (primary N) is 1. The van der Waals surface area contributed by atoms with Crippen molar-refractivity contribution in [2.75, 3.05) is 16.0 Å². The molecule has 0 aliphatic rings. The van der Waals surface area contributed by atoms with Gasteiger partial charge in [0.2, 0.25) is 0 Å². The van der Waals surface area contributed by atoms with Gasteiger partial charge in [0.1, 0.15) is 0 Å². The fourth-order valence-electron chi connectivity index (χ4n) is 4.00. The van der Waals surface area contributed by atoms with E-state index in [0.29, 0.717) is 0 Å². The molecule has 0 spiro atoms. The third kappa shape index (κ3) is 4.79. The number of hydrogen-bond acceptors (Lipinski definition) is 3. The Bertz CT molecular complexity index is 1290. The number of anilines is 6. The van der Waals surface area contributed by atoms with Crippen LogP contribution in [-0.2, 0) is 0 Å². The Morgan fingerprint density at radius 1 is 0.500 bits per heavy atom. The van der Waals surface area contributed by atoms with Gasteiger partial charge in [0.05, 0.1) is 0 Å². The molecule has 5 rings (SSSR count). The average Bonchev–Trinajstić information content (AvgIpc) is 2.88. The number of benzene rings is 5. The predicted octanol–water partition coefficient (Wildman–Crippen LogP) is 8.46. The van der Waals surface area contributed by atoms with E-state index in [1.54, 1.807) is 0 Å². The zero-order chi connectivity index (χ0) is 23.3. The van der Waals surface area contributed by atoms with Crippen LogP contribution in [0, 0.1) is 6.92 Å². The maximum absolute atomic E-state index is 5.94. The van der Waals surface area contributed by atoms with E-state index in [0.717, 1.165) is 34.1 Å². The van der Waals surface area contributed by atoms with Gasteiger partial charge in [-0.05, 0) is 90.8 Å². The Morgan fingerprint density at radius 3 is 1.50 bits per heavy atom. The van der Waals surface area contributed by atoms with E-state index in [9.17, 15) is 0 Å². The fourth-order valence-corrected chi connectivity index (χ4v) is 4.00. The molecule has 5 aromatic carbocycles. The summed E-state index contributed by atoms with van der Waals surface area (Å²) >= 11 is 0. The summed E-state index contributed by atoms with van der Waals surface area (Å²) in [6.07, 6.45) is 0. The van der Waals surface area contributed by atoms with Gasteiger partial charge in [-0.2, -0.15) is 0 Å². The molecule has 5 aromatic rings. The monoisotopic (exact) mass is 441 g/mol. The number of nitrogens with one attached hydrogen (secondary N) is 1. The first kappa shape index (κ1) is 21.4. The van der Waals surface area contributed by atoms with Gasteiger partial charge in [0.25, 0.3) is 0 Å².